The maximum Gasteiger partial charge on any atom is 0.258 e. The molecule has 0 unspecified atom stereocenters. The van der Waals surface area contributed by atoms with Crippen molar-refractivity contribution in [3.63, 3.8) is 0 Å². The highest BCUT2D eigenvalue weighted by Crippen LogP contribution is 2.39. The number of aryl methyl sites for hydroxylation is 1. The van der Waals surface area contributed by atoms with E-state index in [1.165, 1.54) is 4.57 Å². The van der Waals surface area contributed by atoms with Crippen molar-refractivity contribution in [3.05, 3.63) is 46.9 Å². The Hall–Kier alpha value is -2.96. The number of nitrogens with zero attached hydrogens (tertiary/aromatic N) is 3. The van der Waals surface area contributed by atoms with E-state index in [1.807, 2.05) is 6.92 Å². The van der Waals surface area contributed by atoms with E-state index >= 15 is 4.39 Å². The number of halogens is 1. The Balaban J connectivity index is 1.63. The molecule has 1 N–H and O–H groups in total. The quantitative estimate of drug-likeness (QED) is 0.689. The normalized spacial score (nSPS) is 24.1. The van der Waals surface area contributed by atoms with Gasteiger partial charge in [0.15, 0.2) is 0 Å². The summed E-state index contributed by atoms with van der Waals surface area (Å²) < 4.78 is 22.6. The van der Waals surface area contributed by atoms with Gasteiger partial charge in [-0.05, 0) is 61.3 Å². The van der Waals surface area contributed by atoms with Crippen LogP contribution < -0.4 is 10.3 Å². The molecular formula is C23H26FN3O3. The van der Waals surface area contributed by atoms with Crippen LogP contribution in [-0.4, -0.2) is 31.6 Å². The zero-order valence-corrected chi connectivity index (χ0v) is 17.4. The van der Waals surface area contributed by atoms with E-state index in [-0.39, 0.29) is 17.2 Å². The van der Waals surface area contributed by atoms with E-state index in [2.05, 4.69) is 17.1 Å². The molecule has 0 amide bonds. The van der Waals surface area contributed by atoms with Gasteiger partial charge in [0.25, 0.3) is 5.56 Å². The number of ether oxygens (including phenoxy) is 1. The van der Waals surface area contributed by atoms with Crippen LogP contribution in [0.4, 0.5) is 4.39 Å². The van der Waals surface area contributed by atoms with Crippen molar-refractivity contribution < 1.29 is 14.2 Å². The van der Waals surface area contributed by atoms with E-state index in [0.717, 1.165) is 6.42 Å². The Morgan fingerprint density at radius 2 is 2.10 bits per heavy atom. The van der Waals surface area contributed by atoms with Gasteiger partial charge in [-0.2, -0.15) is 0 Å². The van der Waals surface area contributed by atoms with Gasteiger partial charge in [-0.25, -0.2) is 4.39 Å². The molecule has 1 saturated carbocycles. The molecule has 1 aromatic carbocycles. The number of aromatic nitrogens is 3. The third-order valence-corrected chi connectivity index (χ3v) is 6.21. The van der Waals surface area contributed by atoms with Crippen molar-refractivity contribution in [3.8, 4) is 22.9 Å². The van der Waals surface area contributed by atoms with Gasteiger partial charge in [-0.15, -0.1) is 10.2 Å². The lowest BCUT2D eigenvalue weighted by Crippen LogP contribution is -2.46. The van der Waals surface area contributed by atoms with E-state index in [1.54, 1.807) is 43.6 Å². The molecule has 3 atom stereocenters. The minimum Gasteiger partial charge on any atom is -0.507 e. The number of pyridine rings is 1. The Morgan fingerprint density at radius 1 is 1.30 bits per heavy atom. The average Bonchev–Trinajstić information content (AvgIpc) is 2.74. The van der Waals surface area contributed by atoms with Gasteiger partial charge in [0.1, 0.15) is 17.5 Å². The summed E-state index contributed by atoms with van der Waals surface area (Å²) in [4.78, 5) is 12.4. The molecule has 4 rings (SSSR count). The Labute approximate surface area is 174 Å². The lowest BCUT2D eigenvalue weighted by molar-refractivity contribution is -0.0428. The zero-order chi connectivity index (χ0) is 21.5. The predicted octanol–water partition coefficient (Wildman–Crippen LogP) is 4.39. The summed E-state index contributed by atoms with van der Waals surface area (Å²) in [5.41, 5.74) is -0.702. The standard InChI is InChI=1S/C23H26FN3O3/c1-4-23(24)9-7-14(2)11-20(23)30-21-6-5-18(25-26-21)17-13-16-15(12-19(17)28)8-10-27(3)22(16)29/h5-6,8,10,12-14,20,28H,4,7,9,11H2,1-3H3/t14-,20+,23+/m1/s1. The van der Waals surface area contributed by atoms with Crippen LogP contribution in [0, 0.1) is 5.92 Å². The summed E-state index contributed by atoms with van der Waals surface area (Å²) in [6.45, 7) is 3.95. The molecule has 0 spiro atoms. The second-order valence-electron chi connectivity index (χ2n) is 8.32. The number of hydrogen-bond donors (Lipinski definition) is 1. The molecule has 0 bridgehead atoms. The van der Waals surface area contributed by atoms with Crippen LogP contribution in [0.1, 0.15) is 39.5 Å². The zero-order valence-electron chi connectivity index (χ0n) is 17.4. The SMILES string of the molecule is CC[C@]1(F)CC[C@@H](C)C[C@@H]1Oc1ccc(-c2cc3c(=O)n(C)ccc3cc2O)nn1. The molecular weight excluding hydrogens is 385 g/mol. The molecule has 1 aliphatic rings. The lowest BCUT2D eigenvalue weighted by atomic mass is 9.77. The number of aromatic hydroxyl groups is 1. The first kappa shape index (κ1) is 20.3. The number of alkyl halides is 1. The van der Waals surface area contributed by atoms with Crippen molar-refractivity contribution in [2.24, 2.45) is 13.0 Å². The molecule has 6 nitrogen and oxygen atoms in total. The molecule has 2 aromatic heterocycles. The molecule has 3 aromatic rings. The third kappa shape index (κ3) is 3.64. The molecule has 0 aliphatic heterocycles. The number of phenols is 1. The number of hydrogen-bond acceptors (Lipinski definition) is 5. The summed E-state index contributed by atoms with van der Waals surface area (Å²) in [6, 6.07) is 8.22. The molecule has 0 saturated heterocycles. The first-order valence-corrected chi connectivity index (χ1v) is 10.3. The Morgan fingerprint density at radius 3 is 2.80 bits per heavy atom. The molecule has 2 heterocycles. The summed E-state index contributed by atoms with van der Waals surface area (Å²) in [5.74, 6) is 0.660. The van der Waals surface area contributed by atoms with Crippen molar-refractivity contribution in [2.75, 3.05) is 0 Å². The lowest BCUT2D eigenvalue weighted by Gasteiger charge is -2.39. The molecule has 7 heteroatoms. The van der Waals surface area contributed by atoms with Crippen molar-refractivity contribution in [1.82, 2.24) is 14.8 Å². The summed E-state index contributed by atoms with van der Waals surface area (Å²) >= 11 is 0. The van der Waals surface area contributed by atoms with Gasteiger partial charge >= 0.3 is 0 Å². The van der Waals surface area contributed by atoms with Crippen molar-refractivity contribution >= 4 is 10.8 Å². The fraction of sp³-hybridized carbons (Fsp3) is 0.435. The highest BCUT2D eigenvalue weighted by atomic mass is 19.1. The van der Waals surface area contributed by atoms with Crippen LogP contribution >= 0.6 is 0 Å². The third-order valence-electron chi connectivity index (χ3n) is 6.21. The second-order valence-corrected chi connectivity index (χ2v) is 8.32. The molecule has 158 valence electrons. The smallest absolute Gasteiger partial charge is 0.258 e. The van der Waals surface area contributed by atoms with E-state index in [9.17, 15) is 9.90 Å². The first-order valence-electron chi connectivity index (χ1n) is 10.3. The second kappa shape index (κ2) is 7.70. The van der Waals surface area contributed by atoms with Gasteiger partial charge in [0.05, 0.1) is 5.69 Å². The van der Waals surface area contributed by atoms with Gasteiger partial charge in [0, 0.05) is 30.3 Å². The highest BCUT2D eigenvalue weighted by Gasteiger charge is 2.43. The van der Waals surface area contributed by atoms with Crippen LogP contribution in [0.2, 0.25) is 0 Å². The monoisotopic (exact) mass is 411 g/mol. The maximum absolute atomic E-state index is 15.2. The fourth-order valence-corrected chi connectivity index (χ4v) is 4.15. The van der Waals surface area contributed by atoms with Crippen LogP contribution in [0.5, 0.6) is 11.6 Å². The Kier molecular flexibility index (Phi) is 5.22. The van der Waals surface area contributed by atoms with Crippen LogP contribution in [0.3, 0.4) is 0 Å². The molecule has 1 fully saturated rings. The number of benzene rings is 1. The van der Waals surface area contributed by atoms with Gasteiger partial charge < -0.3 is 14.4 Å². The Bertz CT molecular complexity index is 1130. The number of phenolic OH excluding ortho intramolecular Hbond substituents is 1. The number of rotatable bonds is 4. The van der Waals surface area contributed by atoms with E-state index < -0.39 is 11.8 Å². The number of fused-ring (bicyclic) bond motifs is 1. The summed E-state index contributed by atoms with van der Waals surface area (Å²) in [6.07, 6.45) is 3.49. The van der Waals surface area contributed by atoms with Crippen molar-refractivity contribution in [1.29, 1.82) is 0 Å². The highest BCUT2D eigenvalue weighted by molar-refractivity contribution is 5.89. The molecule has 30 heavy (non-hydrogen) atoms. The van der Waals surface area contributed by atoms with Gasteiger partial charge in [-0.3, -0.25) is 4.79 Å². The fourth-order valence-electron chi connectivity index (χ4n) is 4.15. The van der Waals surface area contributed by atoms with Crippen LogP contribution in [0.25, 0.3) is 22.0 Å². The predicted molar refractivity (Wildman–Crippen MR) is 113 cm³/mol. The van der Waals surface area contributed by atoms with Crippen molar-refractivity contribution in [2.45, 2.75) is 51.3 Å². The molecule has 1 aliphatic carbocycles. The van der Waals surface area contributed by atoms with E-state index in [4.69, 9.17) is 4.74 Å². The van der Waals surface area contributed by atoms with Gasteiger partial charge in [-0.1, -0.05) is 13.8 Å². The average molecular weight is 411 g/mol. The minimum atomic E-state index is -1.36. The largest absolute Gasteiger partial charge is 0.507 e. The molecule has 0 radical (unpaired) electrons. The topological polar surface area (TPSA) is 77.2 Å². The maximum atomic E-state index is 15.2. The summed E-state index contributed by atoms with van der Waals surface area (Å²) in [7, 11) is 1.67. The van der Waals surface area contributed by atoms with E-state index in [0.29, 0.717) is 47.2 Å². The van der Waals surface area contributed by atoms with Gasteiger partial charge in [0.2, 0.25) is 5.88 Å². The van der Waals surface area contributed by atoms with Crippen LogP contribution in [0.15, 0.2) is 41.3 Å². The minimum absolute atomic E-state index is 0.00795. The van der Waals surface area contributed by atoms with Crippen LogP contribution in [-0.2, 0) is 7.05 Å². The summed E-state index contributed by atoms with van der Waals surface area (Å²) in [5, 5.41) is 19.8. The first-order chi connectivity index (χ1) is 14.3.